The monoisotopic (exact) mass is 563 g/mol. The Labute approximate surface area is 238 Å². The van der Waals surface area contributed by atoms with Gasteiger partial charge >= 0.3 is 0 Å². The lowest BCUT2D eigenvalue weighted by atomic mass is 9.87. The lowest BCUT2D eigenvalue weighted by Gasteiger charge is -2.28. The third-order valence-electron chi connectivity index (χ3n) is 7.44. The molecule has 0 bridgehead atoms. The molecule has 5 atom stereocenters. The predicted octanol–water partition coefficient (Wildman–Crippen LogP) is 2.79. The van der Waals surface area contributed by atoms with Gasteiger partial charge in [-0.05, 0) is 49.1 Å². The van der Waals surface area contributed by atoms with Crippen molar-refractivity contribution in [3.63, 3.8) is 0 Å². The molecule has 2 unspecified atom stereocenters. The van der Waals surface area contributed by atoms with Crippen LogP contribution >= 0.6 is 11.6 Å². The number of aromatic hydroxyl groups is 1. The molecule has 1 saturated heterocycles. The van der Waals surface area contributed by atoms with Crippen LogP contribution in [0.1, 0.15) is 32.6 Å². The SMILES string of the molecule is Cc1ccccc1CNC(=O)[C@H]1NC[C@@H](Cl)[C@@H]1C(=O)C(O)C(Cc1ccccc1)NC(=O)c1cccc(O)c1C. The number of aryl methyl sites for hydroxylation is 1. The van der Waals surface area contributed by atoms with Crippen molar-refractivity contribution in [3.05, 3.63) is 101 Å². The predicted molar refractivity (Wildman–Crippen MR) is 153 cm³/mol. The van der Waals surface area contributed by atoms with Crippen molar-refractivity contribution in [1.82, 2.24) is 16.0 Å². The minimum Gasteiger partial charge on any atom is -0.508 e. The summed E-state index contributed by atoms with van der Waals surface area (Å²) >= 11 is 6.51. The molecule has 5 N–H and O–H groups in total. The van der Waals surface area contributed by atoms with Gasteiger partial charge in [-0.15, -0.1) is 11.6 Å². The van der Waals surface area contributed by atoms with Crippen molar-refractivity contribution < 1.29 is 24.6 Å². The molecule has 4 rings (SSSR count). The first-order chi connectivity index (χ1) is 19.2. The van der Waals surface area contributed by atoms with Crippen LogP contribution in [0.15, 0.2) is 72.8 Å². The molecule has 0 aromatic heterocycles. The summed E-state index contributed by atoms with van der Waals surface area (Å²) in [5.74, 6) is -2.61. The summed E-state index contributed by atoms with van der Waals surface area (Å²) in [6.45, 7) is 4.06. The Balaban J connectivity index is 1.53. The summed E-state index contributed by atoms with van der Waals surface area (Å²) in [4.78, 5) is 40.1. The van der Waals surface area contributed by atoms with E-state index in [9.17, 15) is 24.6 Å². The third-order valence-corrected chi connectivity index (χ3v) is 7.87. The number of aliphatic hydroxyl groups is 1. The van der Waals surface area contributed by atoms with Crippen LogP contribution in [0.3, 0.4) is 0 Å². The van der Waals surface area contributed by atoms with E-state index in [0.717, 1.165) is 16.7 Å². The third kappa shape index (κ3) is 6.70. The number of benzene rings is 3. The number of hydrogen-bond acceptors (Lipinski definition) is 6. The molecule has 210 valence electrons. The average molecular weight is 564 g/mol. The van der Waals surface area contributed by atoms with Gasteiger partial charge < -0.3 is 26.2 Å². The summed E-state index contributed by atoms with van der Waals surface area (Å²) in [6, 6.07) is 19.5. The number of carbonyl (C=O) groups is 3. The Bertz CT molecular complexity index is 1370. The van der Waals surface area contributed by atoms with Crippen LogP contribution in [-0.2, 0) is 22.6 Å². The zero-order chi connectivity index (χ0) is 28.8. The van der Waals surface area contributed by atoms with E-state index >= 15 is 0 Å². The maximum atomic E-state index is 13.7. The van der Waals surface area contributed by atoms with Gasteiger partial charge in [0.25, 0.3) is 5.91 Å². The van der Waals surface area contributed by atoms with E-state index in [-0.39, 0.29) is 30.8 Å². The molecule has 8 nitrogen and oxygen atoms in total. The lowest BCUT2D eigenvalue weighted by Crippen LogP contribution is -2.54. The highest BCUT2D eigenvalue weighted by Crippen LogP contribution is 2.26. The summed E-state index contributed by atoms with van der Waals surface area (Å²) < 4.78 is 0. The molecule has 40 heavy (non-hydrogen) atoms. The average Bonchev–Trinajstić information content (AvgIpc) is 3.34. The number of alkyl halides is 1. The number of rotatable bonds is 10. The minimum absolute atomic E-state index is 0.0366. The van der Waals surface area contributed by atoms with Crippen molar-refractivity contribution in [3.8, 4) is 5.75 Å². The first kappa shape index (κ1) is 29.3. The number of phenols is 1. The van der Waals surface area contributed by atoms with Gasteiger partial charge in [-0.3, -0.25) is 14.4 Å². The Morgan fingerprint density at radius 3 is 2.42 bits per heavy atom. The second kappa shape index (κ2) is 13.1. The normalized spacial score (nSPS) is 19.9. The van der Waals surface area contributed by atoms with Crippen molar-refractivity contribution in [2.75, 3.05) is 6.54 Å². The quantitative estimate of drug-likeness (QED) is 0.241. The van der Waals surface area contributed by atoms with E-state index < -0.39 is 47.1 Å². The second-order valence-electron chi connectivity index (χ2n) is 10.1. The highest BCUT2D eigenvalue weighted by atomic mass is 35.5. The topological polar surface area (TPSA) is 128 Å². The molecule has 1 heterocycles. The van der Waals surface area contributed by atoms with Crippen molar-refractivity contribution >= 4 is 29.2 Å². The van der Waals surface area contributed by atoms with Gasteiger partial charge in [-0.2, -0.15) is 0 Å². The molecule has 1 aliphatic rings. The summed E-state index contributed by atoms with van der Waals surface area (Å²) in [7, 11) is 0. The number of amides is 2. The maximum absolute atomic E-state index is 13.7. The van der Waals surface area contributed by atoms with Gasteiger partial charge in [0.2, 0.25) is 5.91 Å². The summed E-state index contributed by atoms with van der Waals surface area (Å²) in [5, 5.41) is 29.4. The maximum Gasteiger partial charge on any atom is 0.252 e. The van der Waals surface area contributed by atoms with Crippen LogP contribution in [0.2, 0.25) is 0 Å². The number of aliphatic hydroxyl groups excluding tert-OH is 1. The van der Waals surface area contributed by atoms with E-state index in [1.807, 2.05) is 61.5 Å². The van der Waals surface area contributed by atoms with Crippen LogP contribution in [0, 0.1) is 19.8 Å². The molecule has 0 radical (unpaired) electrons. The van der Waals surface area contributed by atoms with Gasteiger partial charge in [0, 0.05) is 24.2 Å². The smallest absolute Gasteiger partial charge is 0.252 e. The largest absolute Gasteiger partial charge is 0.508 e. The highest BCUT2D eigenvalue weighted by molar-refractivity contribution is 6.23. The van der Waals surface area contributed by atoms with Gasteiger partial charge in [-0.25, -0.2) is 0 Å². The van der Waals surface area contributed by atoms with Gasteiger partial charge in [0.15, 0.2) is 5.78 Å². The first-order valence-corrected chi connectivity index (χ1v) is 13.7. The fourth-order valence-corrected chi connectivity index (χ4v) is 5.38. The van der Waals surface area contributed by atoms with Crippen LogP contribution in [0.4, 0.5) is 0 Å². The van der Waals surface area contributed by atoms with E-state index in [0.29, 0.717) is 5.56 Å². The fourth-order valence-electron chi connectivity index (χ4n) is 5.02. The zero-order valence-electron chi connectivity index (χ0n) is 22.4. The van der Waals surface area contributed by atoms with Crippen LogP contribution in [0.25, 0.3) is 0 Å². The molecule has 0 spiro atoms. The lowest BCUT2D eigenvalue weighted by molar-refractivity contribution is -0.136. The fraction of sp³-hybridized carbons (Fsp3) is 0.323. The van der Waals surface area contributed by atoms with E-state index in [1.165, 1.54) is 6.07 Å². The molecule has 2 amide bonds. The Hall–Kier alpha value is -3.72. The molecule has 0 aliphatic carbocycles. The summed E-state index contributed by atoms with van der Waals surface area (Å²) in [6.07, 6.45) is -1.48. The number of carbonyl (C=O) groups excluding carboxylic acids is 3. The minimum atomic E-state index is -1.64. The van der Waals surface area contributed by atoms with Crippen molar-refractivity contribution in [1.29, 1.82) is 0 Å². The van der Waals surface area contributed by atoms with Crippen LogP contribution in [0.5, 0.6) is 5.75 Å². The highest BCUT2D eigenvalue weighted by Gasteiger charge is 2.47. The number of halogens is 1. The Kier molecular flexibility index (Phi) is 9.58. The van der Waals surface area contributed by atoms with Gasteiger partial charge in [0.1, 0.15) is 11.9 Å². The summed E-state index contributed by atoms with van der Waals surface area (Å²) in [5.41, 5.74) is 3.38. The van der Waals surface area contributed by atoms with Crippen molar-refractivity contribution in [2.45, 2.75) is 50.4 Å². The van der Waals surface area contributed by atoms with Crippen LogP contribution in [-0.4, -0.2) is 57.9 Å². The van der Waals surface area contributed by atoms with Crippen LogP contribution < -0.4 is 16.0 Å². The molecular formula is C31H34ClN3O5. The number of Topliss-reactive ketones (excluding diaryl/α,β-unsaturated/α-hetero) is 1. The number of phenolic OH excluding ortho intramolecular Hbond substituents is 1. The molecular weight excluding hydrogens is 530 g/mol. The zero-order valence-corrected chi connectivity index (χ0v) is 23.2. The Morgan fingerprint density at radius 2 is 1.70 bits per heavy atom. The second-order valence-corrected chi connectivity index (χ2v) is 10.7. The number of hydrogen-bond donors (Lipinski definition) is 5. The molecule has 1 aliphatic heterocycles. The molecule has 9 heteroatoms. The molecule has 3 aromatic carbocycles. The molecule has 1 fully saturated rings. The van der Waals surface area contributed by atoms with E-state index in [4.69, 9.17) is 11.6 Å². The van der Waals surface area contributed by atoms with Gasteiger partial charge in [-0.1, -0.05) is 60.7 Å². The standard InChI is InChI=1S/C31H34ClN3O5/c1-18-9-6-7-12-21(18)16-34-31(40)27-26(23(32)17-33-27)29(38)28(37)24(15-20-10-4-3-5-11-20)35-30(39)22-13-8-14-25(36)19(22)2/h3-14,23-24,26-28,33,36-37H,15-17H2,1-2H3,(H,34,40)(H,35,39)/t23-,24?,26+,27+,28?/m1/s1. The van der Waals surface area contributed by atoms with Gasteiger partial charge in [0.05, 0.1) is 23.4 Å². The molecule has 0 saturated carbocycles. The number of nitrogens with one attached hydrogen (secondary N) is 3. The van der Waals surface area contributed by atoms with E-state index in [1.54, 1.807) is 19.1 Å². The number of ketones is 1. The first-order valence-electron chi connectivity index (χ1n) is 13.2. The van der Waals surface area contributed by atoms with E-state index in [2.05, 4.69) is 16.0 Å². The van der Waals surface area contributed by atoms with Crippen molar-refractivity contribution in [2.24, 2.45) is 5.92 Å². The Morgan fingerprint density at radius 1 is 1.00 bits per heavy atom. The molecule has 3 aromatic rings.